The van der Waals surface area contributed by atoms with Crippen molar-refractivity contribution in [1.29, 1.82) is 0 Å². The van der Waals surface area contributed by atoms with E-state index in [4.69, 9.17) is 0 Å². The van der Waals surface area contributed by atoms with Crippen molar-refractivity contribution < 1.29 is 9.59 Å². The summed E-state index contributed by atoms with van der Waals surface area (Å²) in [6.07, 6.45) is 4.36. The summed E-state index contributed by atoms with van der Waals surface area (Å²) in [5.41, 5.74) is 1.77. The van der Waals surface area contributed by atoms with Crippen molar-refractivity contribution in [3.8, 4) is 0 Å². The number of anilines is 1. The number of rotatable bonds is 3. The topological polar surface area (TPSA) is 49.4 Å². The number of benzene rings is 1. The number of hydrogen-bond acceptors (Lipinski definition) is 2. The minimum atomic E-state index is -0.244. The van der Waals surface area contributed by atoms with E-state index in [0.29, 0.717) is 0 Å². The Morgan fingerprint density at radius 2 is 1.86 bits per heavy atom. The largest absolute Gasteiger partial charge is 0.342 e. The van der Waals surface area contributed by atoms with Crippen LogP contribution in [-0.2, 0) is 9.59 Å². The summed E-state index contributed by atoms with van der Waals surface area (Å²) in [7, 11) is 0. The molecule has 2 amide bonds. The highest BCUT2D eigenvalue weighted by atomic mass is 79.9. The molecule has 0 radical (unpaired) electrons. The Morgan fingerprint density at radius 3 is 2.48 bits per heavy atom. The smallest absolute Gasteiger partial charge is 0.233 e. The van der Waals surface area contributed by atoms with Crippen LogP contribution in [0.5, 0.6) is 0 Å². The fourth-order valence-corrected chi connectivity index (χ4v) is 2.74. The summed E-state index contributed by atoms with van der Waals surface area (Å²) in [4.78, 5) is 25.9. The number of nitrogens with zero attached hydrogens (tertiary/aromatic N) is 1. The third-order valence-electron chi connectivity index (χ3n) is 3.71. The SMILES string of the molecule is Cc1cc(NC(=O)CC(=O)N2CCCCCC2)ccc1Br. The van der Waals surface area contributed by atoms with E-state index in [2.05, 4.69) is 21.2 Å². The molecule has 1 saturated heterocycles. The standard InChI is InChI=1S/C16H21BrN2O2/c1-12-10-13(6-7-14(12)17)18-15(20)11-16(21)19-8-4-2-3-5-9-19/h6-7,10H,2-5,8-9,11H2,1H3,(H,18,20). The van der Waals surface area contributed by atoms with E-state index < -0.39 is 0 Å². The molecule has 2 rings (SSSR count). The molecule has 1 heterocycles. The van der Waals surface area contributed by atoms with E-state index in [9.17, 15) is 9.59 Å². The number of aryl methyl sites for hydroxylation is 1. The summed E-state index contributed by atoms with van der Waals surface area (Å²) in [6, 6.07) is 5.60. The second kappa shape index (κ2) is 7.59. The molecular formula is C16H21BrN2O2. The van der Waals surface area contributed by atoms with E-state index in [-0.39, 0.29) is 18.2 Å². The summed E-state index contributed by atoms with van der Waals surface area (Å²) in [5.74, 6) is -0.311. The Morgan fingerprint density at radius 1 is 1.19 bits per heavy atom. The van der Waals surface area contributed by atoms with Gasteiger partial charge >= 0.3 is 0 Å². The predicted octanol–water partition coefficient (Wildman–Crippen LogP) is 3.49. The molecule has 0 atom stereocenters. The van der Waals surface area contributed by atoms with Crippen LogP contribution in [0.1, 0.15) is 37.7 Å². The van der Waals surface area contributed by atoms with Gasteiger partial charge in [0, 0.05) is 23.2 Å². The van der Waals surface area contributed by atoms with Crippen LogP contribution in [-0.4, -0.2) is 29.8 Å². The van der Waals surface area contributed by atoms with Crippen LogP contribution < -0.4 is 5.32 Å². The molecular weight excluding hydrogens is 332 g/mol. The van der Waals surface area contributed by atoms with Gasteiger partial charge in [-0.3, -0.25) is 9.59 Å². The second-order valence-corrected chi connectivity index (χ2v) is 6.34. The number of hydrogen-bond donors (Lipinski definition) is 1. The third-order valence-corrected chi connectivity index (χ3v) is 4.60. The molecule has 0 aliphatic carbocycles. The van der Waals surface area contributed by atoms with Crippen molar-refractivity contribution >= 4 is 33.4 Å². The lowest BCUT2D eigenvalue weighted by atomic mass is 10.2. The zero-order chi connectivity index (χ0) is 15.2. The maximum absolute atomic E-state index is 12.1. The Labute approximate surface area is 134 Å². The minimum absolute atomic E-state index is 0.0665. The van der Waals surface area contributed by atoms with Gasteiger partial charge in [-0.15, -0.1) is 0 Å². The maximum atomic E-state index is 12.1. The lowest BCUT2D eigenvalue weighted by Crippen LogP contribution is -2.34. The van der Waals surface area contributed by atoms with Crippen LogP contribution in [0.4, 0.5) is 5.69 Å². The van der Waals surface area contributed by atoms with Gasteiger partial charge in [-0.2, -0.15) is 0 Å². The van der Waals surface area contributed by atoms with Crippen LogP contribution in [0.3, 0.4) is 0 Å². The average molecular weight is 353 g/mol. The first-order valence-corrected chi connectivity index (χ1v) is 8.19. The summed E-state index contributed by atoms with van der Waals surface area (Å²) >= 11 is 3.42. The van der Waals surface area contributed by atoms with Gasteiger partial charge < -0.3 is 10.2 Å². The number of likely N-dealkylation sites (tertiary alicyclic amines) is 1. The van der Waals surface area contributed by atoms with Gasteiger partial charge in [-0.05, 0) is 43.5 Å². The zero-order valence-corrected chi connectivity index (χ0v) is 13.9. The van der Waals surface area contributed by atoms with Gasteiger partial charge in [0.1, 0.15) is 6.42 Å². The van der Waals surface area contributed by atoms with Gasteiger partial charge in [0.25, 0.3) is 0 Å². The van der Waals surface area contributed by atoms with Gasteiger partial charge in [-0.1, -0.05) is 28.8 Å². The fraction of sp³-hybridized carbons (Fsp3) is 0.500. The van der Waals surface area contributed by atoms with E-state index in [1.807, 2.05) is 30.0 Å². The number of halogens is 1. The third kappa shape index (κ3) is 4.84. The van der Waals surface area contributed by atoms with Crippen LogP contribution in [0.15, 0.2) is 22.7 Å². The Kier molecular flexibility index (Phi) is 5.79. The van der Waals surface area contributed by atoms with Crippen molar-refractivity contribution in [3.05, 3.63) is 28.2 Å². The first-order chi connectivity index (χ1) is 10.1. The number of nitrogens with one attached hydrogen (secondary N) is 1. The quantitative estimate of drug-likeness (QED) is 0.846. The molecule has 1 N–H and O–H groups in total. The van der Waals surface area contributed by atoms with Crippen molar-refractivity contribution in [1.82, 2.24) is 4.90 Å². The molecule has 1 fully saturated rings. The Bertz CT molecular complexity index is 523. The molecule has 114 valence electrons. The molecule has 1 aromatic rings. The monoisotopic (exact) mass is 352 g/mol. The lowest BCUT2D eigenvalue weighted by Gasteiger charge is -2.20. The van der Waals surface area contributed by atoms with Crippen molar-refractivity contribution in [3.63, 3.8) is 0 Å². The molecule has 21 heavy (non-hydrogen) atoms. The predicted molar refractivity (Wildman–Crippen MR) is 87.2 cm³/mol. The van der Waals surface area contributed by atoms with Gasteiger partial charge in [-0.25, -0.2) is 0 Å². The normalized spacial score (nSPS) is 15.4. The van der Waals surface area contributed by atoms with Crippen LogP contribution in [0, 0.1) is 6.92 Å². The molecule has 0 spiro atoms. The van der Waals surface area contributed by atoms with E-state index in [1.54, 1.807) is 0 Å². The van der Waals surface area contributed by atoms with Crippen LogP contribution in [0.25, 0.3) is 0 Å². The Balaban J connectivity index is 1.88. The highest BCUT2D eigenvalue weighted by Crippen LogP contribution is 2.20. The van der Waals surface area contributed by atoms with Crippen LogP contribution in [0.2, 0.25) is 0 Å². The minimum Gasteiger partial charge on any atom is -0.342 e. The summed E-state index contributed by atoms with van der Waals surface area (Å²) in [6.45, 7) is 3.52. The highest BCUT2D eigenvalue weighted by molar-refractivity contribution is 9.10. The molecule has 1 aliphatic heterocycles. The lowest BCUT2D eigenvalue weighted by molar-refractivity contribution is -0.134. The molecule has 0 unspecified atom stereocenters. The molecule has 0 bridgehead atoms. The molecule has 0 saturated carbocycles. The number of carbonyl (C=O) groups excluding carboxylic acids is 2. The number of carbonyl (C=O) groups is 2. The van der Waals surface area contributed by atoms with E-state index >= 15 is 0 Å². The summed E-state index contributed by atoms with van der Waals surface area (Å²) in [5, 5.41) is 2.79. The second-order valence-electron chi connectivity index (χ2n) is 5.48. The van der Waals surface area contributed by atoms with E-state index in [1.165, 1.54) is 12.8 Å². The maximum Gasteiger partial charge on any atom is 0.233 e. The molecule has 4 nitrogen and oxygen atoms in total. The van der Waals surface area contributed by atoms with Gasteiger partial charge in [0.05, 0.1) is 0 Å². The molecule has 1 aromatic carbocycles. The fourth-order valence-electron chi connectivity index (χ4n) is 2.50. The number of amides is 2. The van der Waals surface area contributed by atoms with Gasteiger partial charge in [0.2, 0.25) is 11.8 Å². The summed E-state index contributed by atoms with van der Waals surface area (Å²) < 4.78 is 1.00. The van der Waals surface area contributed by atoms with Crippen molar-refractivity contribution in [2.24, 2.45) is 0 Å². The Hall–Kier alpha value is -1.36. The average Bonchev–Trinajstić information content (AvgIpc) is 2.72. The molecule has 5 heteroatoms. The van der Waals surface area contributed by atoms with Gasteiger partial charge in [0.15, 0.2) is 0 Å². The first kappa shape index (κ1) is 16.0. The molecule has 1 aliphatic rings. The van der Waals surface area contributed by atoms with Crippen LogP contribution >= 0.6 is 15.9 Å². The molecule has 0 aromatic heterocycles. The van der Waals surface area contributed by atoms with Crippen molar-refractivity contribution in [2.75, 3.05) is 18.4 Å². The zero-order valence-electron chi connectivity index (χ0n) is 12.3. The van der Waals surface area contributed by atoms with Crippen molar-refractivity contribution in [2.45, 2.75) is 39.0 Å². The first-order valence-electron chi connectivity index (χ1n) is 7.40. The highest BCUT2D eigenvalue weighted by Gasteiger charge is 2.18. The van der Waals surface area contributed by atoms with E-state index in [0.717, 1.165) is 41.7 Å².